The van der Waals surface area contributed by atoms with Crippen LogP contribution in [-0.4, -0.2) is 47.9 Å². The molecule has 4 rings (SSSR count). The van der Waals surface area contributed by atoms with Crippen LogP contribution in [0.2, 0.25) is 0 Å². The Kier molecular flexibility index (Phi) is 5.30. The fourth-order valence-electron chi connectivity index (χ4n) is 3.53. The molecule has 0 aliphatic carbocycles. The predicted octanol–water partition coefficient (Wildman–Crippen LogP) is 4.13. The molecular weight excluding hydrogens is 370 g/mol. The van der Waals surface area contributed by atoms with E-state index in [0.717, 1.165) is 22.2 Å². The van der Waals surface area contributed by atoms with Crippen LogP contribution in [0.4, 0.5) is 10.5 Å². The van der Waals surface area contributed by atoms with Gasteiger partial charge in [0.2, 0.25) is 5.91 Å². The van der Waals surface area contributed by atoms with Crippen molar-refractivity contribution in [3.05, 3.63) is 65.0 Å². The molecule has 1 fully saturated rings. The molecule has 1 aromatic heterocycles. The summed E-state index contributed by atoms with van der Waals surface area (Å²) >= 11 is 1.68. The number of benzene rings is 2. The van der Waals surface area contributed by atoms with Crippen molar-refractivity contribution in [2.75, 3.05) is 31.5 Å². The number of thiophene rings is 1. The monoisotopic (exact) mass is 393 g/mol. The van der Waals surface area contributed by atoms with Gasteiger partial charge in [0.1, 0.15) is 0 Å². The maximum absolute atomic E-state index is 12.7. The molecule has 2 aromatic carbocycles. The van der Waals surface area contributed by atoms with Crippen molar-refractivity contribution < 1.29 is 9.59 Å². The minimum atomic E-state index is -0.110. The van der Waals surface area contributed by atoms with E-state index in [4.69, 9.17) is 0 Å². The SMILES string of the molecule is Cc1cccc(NC(=O)N2CCN(C(=O)Cc3csc4ccccc34)CC2)c1. The number of urea groups is 1. The molecule has 0 spiro atoms. The molecule has 3 aromatic rings. The van der Waals surface area contributed by atoms with Crippen LogP contribution in [0.1, 0.15) is 11.1 Å². The summed E-state index contributed by atoms with van der Waals surface area (Å²) in [5.74, 6) is 0.127. The van der Waals surface area contributed by atoms with Crippen LogP contribution < -0.4 is 5.32 Å². The molecule has 0 unspecified atom stereocenters. The summed E-state index contributed by atoms with van der Waals surface area (Å²) in [6, 6.07) is 15.8. The molecule has 1 N–H and O–H groups in total. The lowest BCUT2D eigenvalue weighted by atomic mass is 10.1. The number of aryl methyl sites for hydroxylation is 1. The Hall–Kier alpha value is -2.86. The maximum Gasteiger partial charge on any atom is 0.321 e. The van der Waals surface area contributed by atoms with Crippen molar-refractivity contribution in [2.24, 2.45) is 0 Å². The van der Waals surface area contributed by atoms with Gasteiger partial charge in [-0.1, -0.05) is 30.3 Å². The van der Waals surface area contributed by atoms with E-state index < -0.39 is 0 Å². The van der Waals surface area contributed by atoms with E-state index in [1.54, 1.807) is 16.2 Å². The second kappa shape index (κ2) is 8.02. The highest BCUT2D eigenvalue weighted by Gasteiger charge is 2.24. The summed E-state index contributed by atoms with van der Waals surface area (Å²) in [5.41, 5.74) is 2.99. The van der Waals surface area contributed by atoms with Gasteiger partial charge in [0.15, 0.2) is 0 Å². The van der Waals surface area contributed by atoms with Crippen LogP contribution in [0.25, 0.3) is 10.1 Å². The molecule has 5 nitrogen and oxygen atoms in total. The summed E-state index contributed by atoms with van der Waals surface area (Å²) in [6.45, 7) is 4.24. The van der Waals surface area contributed by atoms with E-state index >= 15 is 0 Å². The maximum atomic E-state index is 12.7. The number of carbonyl (C=O) groups is 2. The van der Waals surface area contributed by atoms with Crippen molar-refractivity contribution in [1.29, 1.82) is 0 Å². The van der Waals surface area contributed by atoms with Crippen molar-refractivity contribution in [1.82, 2.24) is 9.80 Å². The zero-order valence-corrected chi connectivity index (χ0v) is 16.7. The molecular formula is C22H23N3O2S. The number of hydrogen-bond acceptors (Lipinski definition) is 3. The Morgan fingerprint density at radius 3 is 2.54 bits per heavy atom. The normalized spacial score (nSPS) is 14.3. The average Bonchev–Trinajstić information content (AvgIpc) is 3.11. The van der Waals surface area contributed by atoms with Gasteiger partial charge in [0, 0.05) is 36.6 Å². The van der Waals surface area contributed by atoms with Crippen LogP contribution >= 0.6 is 11.3 Å². The van der Waals surface area contributed by atoms with Crippen LogP contribution in [0, 0.1) is 6.92 Å². The van der Waals surface area contributed by atoms with Crippen molar-refractivity contribution >= 4 is 39.0 Å². The smallest absolute Gasteiger partial charge is 0.321 e. The highest BCUT2D eigenvalue weighted by atomic mass is 32.1. The molecule has 0 bridgehead atoms. The first kappa shape index (κ1) is 18.5. The standard InChI is InChI=1S/C22H23N3O2S/c1-16-5-4-6-18(13-16)23-22(27)25-11-9-24(10-12-25)21(26)14-17-15-28-20-8-3-2-7-19(17)20/h2-8,13,15H,9-12,14H2,1H3,(H,23,27). The van der Waals surface area contributed by atoms with Gasteiger partial charge in [-0.15, -0.1) is 11.3 Å². The summed E-state index contributed by atoms with van der Waals surface area (Å²) < 4.78 is 1.21. The zero-order valence-electron chi connectivity index (χ0n) is 15.9. The third-order valence-electron chi connectivity index (χ3n) is 5.09. The Morgan fingerprint density at radius 1 is 1.00 bits per heavy atom. The highest BCUT2D eigenvalue weighted by molar-refractivity contribution is 7.17. The molecule has 0 atom stereocenters. The van der Waals surface area contributed by atoms with Gasteiger partial charge < -0.3 is 15.1 Å². The van der Waals surface area contributed by atoms with Gasteiger partial charge >= 0.3 is 6.03 Å². The third kappa shape index (κ3) is 4.02. The van der Waals surface area contributed by atoms with Gasteiger partial charge in [0.05, 0.1) is 6.42 Å². The number of carbonyl (C=O) groups excluding carboxylic acids is 2. The average molecular weight is 394 g/mol. The minimum Gasteiger partial charge on any atom is -0.339 e. The number of hydrogen-bond donors (Lipinski definition) is 1. The highest BCUT2D eigenvalue weighted by Crippen LogP contribution is 2.26. The lowest BCUT2D eigenvalue weighted by Gasteiger charge is -2.34. The number of piperazine rings is 1. The third-order valence-corrected chi connectivity index (χ3v) is 6.10. The number of anilines is 1. The minimum absolute atomic E-state index is 0.110. The molecule has 144 valence electrons. The molecule has 1 aliphatic heterocycles. The number of nitrogens with zero attached hydrogens (tertiary/aromatic N) is 2. The van der Waals surface area contributed by atoms with Gasteiger partial charge in [-0.25, -0.2) is 4.79 Å². The largest absolute Gasteiger partial charge is 0.339 e. The first-order valence-corrected chi connectivity index (χ1v) is 10.3. The molecule has 0 saturated carbocycles. The van der Waals surface area contributed by atoms with Crippen LogP contribution in [0.15, 0.2) is 53.9 Å². The molecule has 2 heterocycles. The van der Waals surface area contributed by atoms with Crippen LogP contribution in [-0.2, 0) is 11.2 Å². The van der Waals surface area contributed by atoms with E-state index in [9.17, 15) is 9.59 Å². The van der Waals surface area contributed by atoms with Crippen LogP contribution in [0.3, 0.4) is 0 Å². The second-order valence-corrected chi connectivity index (χ2v) is 8.01. The number of rotatable bonds is 3. The van der Waals surface area contributed by atoms with E-state index in [1.165, 1.54) is 4.70 Å². The summed E-state index contributed by atoms with van der Waals surface area (Å²) in [7, 11) is 0. The first-order valence-electron chi connectivity index (χ1n) is 9.45. The van der Waals surface area contributed by atoms with Gasteiger partial charge in [-0.05, 0) is 47.0 Å². The molecule has 6 heteroatoms. The molecule has 0 radical (unpaired) electrons. The summed E-state index contributed by atoms with van der Waals surface area (Å²) in [5, 5.41) is 6.18. The van der Waals surface area contributed by atoms with Crippen molar-refractivity contribution in [3.63, 3.8) is 0 Å². The molecule has 1 aliphatic rings. The van der Waals surface area contributed by atoms with Crippen molar-refractivity contribution in [3.8, 4) is 0 Å². The Morgan fingerprint density at radius 2 is 1.75 bits per heavy atom. The number of nitrogens with one attached hydrogen (secondary N) is 1. The zero-order chi connectivity index (χ0) is 19.5. The molecule has 28 heavy (non-hydrogen) atoms. The van der Waals surface area contributed by atoms with E-state index in [2.05, 4.69) is 22.8 Å². The Balaban J connectivity index is 1.32. The lowest BCUT2D eigenvalue weighted by Crippen LogP contribution is -2.52. The van der Waals surface area contributed by atoms with Gasteiger partial charge in [-0.3, -0.25) is 4.79 Å². The second-order valence-electron chi connectivity index (χ2n) is 7.10. The molecule has 1 saturated heterocycles. The number of fused-ring (bicyclic) bond motifs is 1. The first-order chi connectivity index (χ1) is 13.6. The topological polar surface area (TPSA) is 52.7 Å². The van der Waals surface area contributed by atoms with Crippen LogP contribution in [0.5, 0.6) is 0 Å². The fraction of sp³-hybridized carbons (Fsp3) is 0.273. The Labute approximate surface area is 168 Å². The number of amides is 3. The predicted molar refractivity (Wildman–Crippen MR) is 114 cm³/mol. The van der Waals surface area contributed by atoms with E-state index in [-0.39, 0.29) is 11.9 Å². The van der Waals surface area contributed by atoms with Gasteiger partial charge in [0.25, 0.3) is 0 Å². The quantitative estimate of drug-likeness (QED) is 0.727. The van der Waals surface area contributed by atoms with Gasteiger partial charge in [-0.2, -0.15) is 0 Å². The fourth-order valence-corrected chi connectivity index (χ4v) is 4.49. The van der Waals surface area contributed by atoms with E-state index in [0.29, 0.717) is 32.6 Å². The molecule has 3 amide bonds. The van der Waals surface area contributed by atoms with Crippen molar-refractivity contribution in [2.45, 2.75) is 13.3 Å². The summed E-state index contributed by atoms with van der Waals surface area (Å²) in [6.07, 6.45) is 0.416. The lowest BCUT2D eigenvalue weighted by molar-refractivity contribution is -0.131. The summed E-state index contributed by atoms with van der Waals surface area (Å²) in [4.78, 5) is 28.8. The van der Waals surface area contributed by atoms with E-state index in [1.807, 2.05) is 48.2 Å². The Bertz CT molecular complexity index is 1010.